The summed E-state index contributed by atoms with van der Waals surface area (Å²) in [6, 6.07) is 5.74. The molecular formula is C20H20ClN3O5. The highest BCUT2D eigenvalue weighted by Gasteiger charge is 2.15. The van der Waals surface area contributed by atoms with Gasteiger partial charge in [-0.15, -0.1) is 0 Å². The first-order valence-electron chi connectivity index (χ1n) is 8.90. The molecule has 0 aliphatic rings. The predicted octanol–water partition coefficient (Wildman–Crippen LogP) is 4.03. The van der Waals surface area contributed by atoms with E-state index in [1.54, 1.807) is 6.08 Å². The molecule has 9 heteroatoms. The largest absolute Gasteiger partial charge is 0.456 e. The van der Waals surface area contributed by atoms with Gasteiger partial charge < -0.3 is 23.8 Å². The summed E-state index contributed by atoms with van der Waals surface area (Å²) in [6.45, 7) is 3.11. The number of alkyl carbamates (subject to hydrolysis) is 1. The zero-order valence-electron chi connectivity index (χ0n) is 16.0. The summed E-state index contributed by atoms with van der Waals surface area (Å²) in [5, 5.41) is 3.95. The average molecular weight is 418 g/mol. The molecule has 1 aromatic carbocycles. The maximum absolute atomic E-state index is 12.3. The number of carbonyl (C=O) groups excluding carboxylic acids is 2. The predicted molar refractivity (Wildman–Crippen MR) is 108 cm³/mol. The van der Waals surface area contributed by atoms with E-state index in [4.69, 9.17) is 20.8 Å². The number of nitrogens with one attached hydrogen (secondary N) is 1. The molecule has 0 aliphatic heterocycles. The van der Waals surface area contributed by atoms with Crippen molar-refractivity contribution < 1.29 is 23.5 Å². The van der Waals surface area contributed by atoms with Crippen LogP contribution in [0.25, 0.3) is 17.0 Å². The summed E-state index contributed by atoms with van der Waals surface area (Å²) in [5.74, 6) is -0.391. The number of rotatable bonds is 7. The van der Waals surface area contributed by atoms with Crippen LogP contribution in [0.15, 0.2) is 41.2 Å². The van der Waals surface area contributed by atoms with Crippen molar-refractivity contribution in [3.63, 3.8) is 0 Å². The third-order valence-corrected chi connectivity index (χ3v) is 4.47. The number of fused-ring (bicyclic) bond motifs is 1. The number of nitrogens with zero attached hydrogens (tertiary/aromatic N) is 2. The Morgan fingerprint density at radius 2 is 2.21 bits per heavy atom. The van der Waals surface area contributed by atoms with Crippen molar-refractivity contribution in [2.75, 3.05) is 13.7 Å². The van der Waals surface area contributed by atoms with Gasteiger partial charge in [0.25, 0.3) is 0 Å². The Bertz CT molecular complexity index is 1050. The van der Waals surface area contributed by atoms with E-state index in [0.717, 1.165) is 23.0 Å². The SMILES string of the molecule is CCn1cc(Cl)c2c(COC(=O)c3coc(/C=C\CNC(=O)OC)n3)cccc21. The number of hydrogen-bond donors (Lipinski definition) is 1. The van der Waals surface area contributed by atoms with E-state index < -0.39 is 12.1 Å². The second-order valence-corrected chi connectivity index (χ2v) is 6.40. The van der Waals surface area contributed by atoms with Gasteiger partial charge in [0.2, 0.25) is 5.89 Å². The number of oxazole rings is 1. The lowest BCUT2D eigenvalue weighted by Gasteiger charge is -2.06. The van der Waals surface area contributed by atoms with Crippen LogP contribution >= 0.6 is 11.6 Å². The van der Waals surface area contributed by atoms with Crippen molar-refractivity contribution >= 4 is 40.6 Å². The molecule has 0 aliphatic carbocycles. The van der Waals surface area contributed by atoms with Crippen molar-refractivity contribution in [3.8, 4) is 0 Å². The van der Waals surface area contributed by atoms with E-state index in [1.807, 2.05) is 35.9 Å². The molecule has 29 heavy (non-hydrogen) atoms. The van der Waals surface area contributed by atoms with E-state index in [0.29, 0.717) is 5.02 Å². The molecule has 0 saturated carbocycles. The molecule has 0 spiro atoms. The van der Waals surface area contributed by atoms with Gasteiger partial charge in [-0.1, -0.05) is 29.8 Å². The number of halogens is 1. The first kappa shape index (κ1) is 20.5. The lowest BCUT2D eigenvalue weighted by Crippen LogP contribution is -2.22. The zero-order chi connectivity index (χ0) is 20.8. The molecule has 0 unspecified atom stereocenters. The number of aromatic nitrogens is 2. The van der Waals surface area contributed by atoms with Crippen LogP contribution < -0.4 is 5.32 Å². The maximum Gasteiger partial charge on any atom is 0.407 e. The van der Waals surface area contributed by atoms with E-state index in [1.165, 1.54) is 19.4 Å². The summed E-state index contributed by atoms with van der Waals surface area (Å²) >= 11 is 6.36. The quantitative estimate of drug-likeness (QED) is 0.583. The molecular weight excluding hydrogens is 398 g/mol. The number of esters is 1. The molecule has 0 bridgehead atoms. The minimum absolute atomic E-state index is 0.0509. The molecule has 1 amide bonds. The number of amides is 1. The second kappa shape index (κ2) is 9.29. The van der Waals surface area contributed by atoms with Crippen LogP contribution in [0.4, 0.5) is 4.79 Å². The highest BCUT2D eigenvalue weighted by atomic mass is 35.5. The van der Waals surface area contributed by atoms with Gasteiger partial charge in [-0.3, -0.25) is 0 Å². The fraction of sp³-hybridized carbons (Fsp3) is 0.250. The van der Waals surface area contributed by atoms with E-state index >= 15 is 0 Å². The molecule has 8 nitrogen and oxygen atoms in total. The molecule has 3 aromatic rings. The maximum atomic E-state index is 12.3. The van der Waals surface area contributed by atoms with Crippen LogP contribution in [0.2, 0.25) is 5.02 Å². The van der Waals surface area contributed by atoms with Gasteiger partial charge in [0.15, 0.2) is 5.69 Å². The second-order valence-electron chi connectivity index (χ2n) is 6.00. The van der Waals surface area contributed by atoms with Gasteiger partial charge >= 0.3 is 12.1 Å². The van der Waals surface area contributed by atoms with Crippen molar-refractivity contribution in [3.05, 3.63) is 58.9 Å². The Hall–Kier alpha value is -3.26. The summed E-state index contributed by atoms with van der Waals surface area (Å²) < 4.78 is 17.1. The molecule has 2 aromatic heterocycles. The average Bonchev–Trinajstić information content (AvgIpc) is 3.34. The van der Waals surface area contributed by atoms with E-state index in [-0.39, 0.29) is 24.7 Å². The first-order chi connectivity index (χ1) is 14.0. The van der Waals surface area contributed by atoms with Gasteiger partial charge in [-0.05, 0) is 19.1 Å². The zero-order valence-corrected chi connectivity index (χ0v) is 16.7. The van der Waals surface area contributed by atoms with E-state index in [9.17, 15) is 9.59 Å². The summed E-state index contributed by atoms with van der Waals surface area (Å²) in [7, 11) is 1.28. The van der Waals surface area contributed by atoms with Crippen LogP contribution in [0.5, 0.6) is 0 Å². The van der Waals surface area contributed by atoms with Crippen LogP contribution in [0.3, 0.4) is 0 Å². The highest BCUT2D eigenvalue weighted by molar-refractivity contribution is 6.35. The minimum atomic E-state index is -0.607. The first-order valence-corrected chi connectivity index (χ1v) is 9.28. The smallest absolute Gasteiger partial charge is 0.407 e. The fourth-order valence-electron chi connectivity index (χ4n) is 2.80. The van der Waals surface area contributed by atoms with Crippen molar-refractivity contribution in [1.82, 2.24) is 14.9 Å². The molecule has 0 fully saturated rings. The Morgan fingerprint density at radius 3 is 2.97 bits per heavy atom. The standard InChI is InChI=1S/C20H20ClN3O5/c1-3-24-10-14(21)18-13(6-4-7-16(18)24)11-29-19(25)15-12-28-17(23-15)8-5-9-22-20(26)27-2/h4-8,10,12H,3,9,11H2,1-2H3,(H,22,26)/b8-5-. The molecule has 0 saturated heterocycles. The molecule has 0 radical (unpaired) electrons. The number of benzene rings is 1. The lowest BCUT2D eigenvalue weighted by atomic mass is 10.1. The lowest BCUT2D eigenvalue weighted by molar-refractivity contribution is 0.0467. The van der Waals surface area contributed by atoms with Gasteiger partial charge in [0.1, 0.15) is 12.9 Å². The molecule has 2 heterocycles. The Balaban J connectivity index is 1.63. The third kappa shape index (κ3) is 4.78. The van der Waals surface area contributed by atoms with Crippen molar-refractivity contribution in [2.45, 2.75) is 20.1 Å². The summed E-state index contributed by atoms with van der Waals surface area (Å²) in [5.41, 5.74) is 1.85. The number of hydrogen-bond acceptors (Lipinski definition) is 6. The Morgan fingerprint density at radius 1 is 1.38 bits per heavy atom. The number of aryl methyl sites for hydroxylation is 1. The fourth-order valence-corrected chi connectivity index (χ4v) is 3.14. The topological polar surface area (TPSA) is 95.6 Å². The molecule has 1 N–H and O–H groups in total. The summed E-state index contributed by atoms with van der Waals surface area (Å²) in [6.07, 6.45) is 5.68. The van der Waals surface area contributed by atoms with Gasteiger partial charge in [-0.25, -0.2) is 14.6 Å². The van der Waals surface area contributed by atoms with Crippen molar-refractivity contribution in [1.29, 1.82) is 0 Å². The highest BCUT2D eigenvalue weighted by Crippen LogP contribution is 2.29. The molecule has 3 rings (SSSR count). The minimum Gasteiger partial charge on any atom is -0.456 e. The summed E-state index contributed by atoms with van der Waals surface area (Å²) in [4.78, 5) is 27.3. The monoisotopic (exact) mass is 417 g/mol. The van der Waals surface area contributed by atoms with Gasteiger partial charge in [-0.2, -0.15) is 0 Å². The normalized spacial score (nSPS) is 11.1. The number of carbonyl (C=O) groups is 2. The van der Waals surface area contributed by atoms with Crippen LogP contribution in [-0.4, -0.2) is 35.3 Å². The Labute approximate surface area is 172 Å². The Kier molecular flexibility index (Phi) is 6.56. The van der Waals surface area contributed by atoms with Gasteiger partial charge in [0, 0.05) is 35.8 Å². The molecule has 152 valence electrons. The number of ether oxygens (including phenoxy) is 2. The van der Waals surface area contributed by atoms with E-state index in [2.05, 4.69) is 15.0 Å². The van der Waals surface area contributed by atoms with Crippen LogP contribution in [0, 0.1) is 0 Å². The van der Waals surface area contributed by atoms with Crippen molar-refractivity contribution in [2.24, 2.45) is 0 Å². The molecule has 0 atom stereocenters. The third-order valence-electron chi connectivity index (χ3n) is 4.19. The van der Waals surface area contributed by atoms with Crippen LogP contribution in [0.1, 0.15) is 28.9 Å². The van der Waals surface area contributed by atoms with Gasteiger partial charge in [0.05, 0.1) is 12.1 Å². The van der Waals surface area contributed by atoms with Crippen LogP contribution in [-0.2, 0) is 22.6 Å². The number of methoxy groups -OCH3 is 1.